The third kappa shape index (κ3) is 6.72. The first-order valence-electron chi connectivity index (χ1n) is 9.31. The average molecular weight is 345 g/mol. The average Bonchev–Trinajstić information content (AvgIpc) is 2.44. The van der Waals surface area contributed by atoms with Crippen LogP contribution in [0.1, 0.15) is 24.8 Å². The Morgan fingerprint density at radius 2 is 2.08 bits per heavy atom. The summed E-state index contributed by atoms with van der Waals surface area (Å²) >= 11 is 0. The number of carbonyl (C=O) groups is 1. The summed E-state index contributed by atoms with van der Waals surface area (Å²) in [4.78, 5) is 14.5. The lowest BCUT2D eigenvalue weighted by Crippen LogP contribution is -2.39. The molecule has 3 nitrogen and oxygen atoms in total. The lowest BCUT2D eigenvalue weighted by atomic mass is 9.85. The summed E-state index contributed by atoms with van der Waals surface area (Å²) in [5.74, 6) is 0.673. The SMILES string of the molecule is Bc1cccc(CCN(CC2CCC2)C(=O)OCC[Si](C)(C)C)c1. The molecule has 0 heterocycles. The van der Waals surface area contributed by atoms with Crippen LogP contribution in [-0.2, 0) is 11.2 Å². The number of hydrogen-bond acceptors (Lipinski definition) is 2. The van der Waals surface area contributed by atoms with Gasteiger partial charge in [-0.2, -0.15) is 0 Å². The molecule has 2 rings (SSSR count). The fourth-order valence-corrected chi connectivity index (χ4v) is 3.63. The Labute approximate surface area is 149 Å². The van der Waals surface area contributed by atoms with Gasteiger partial charge in [-0.25, -0.2) is 4.79 Å². The zero-order chi connectivity index (χ0) is 17.6. The maximum atomic E-state index is 12.5. The third-order valence-electron chi connectivity index (χ3n) is 4.79. The van der Waals surface area contributed by atoms with Crippen molar-refractivity contribution in [2.75, 3.05) is 19.7 Å². The molecule has 24 heavy (non-hydrogen) atoms. The van der Waals surface area contributed by atoms with Crippen LogP contribution < -0.4 is 5.46 Å². The van der Waals surface area contributed by atoms with Crippen molar-refractivity contribution in [2.45, 2.75) is 51.4 Å². The summed E-state index contributed by atoms with van der Waals surface area (Å²) in [6, 6.07) is 9.59. The van der Waals surface area contributed by atoms with E-state index in [0.717, 1.165) is 25.6 Å². The van der Waals surface area contributed by atoms with Gasteiger partial charge in [0.05, 0.1) is 6.61 Å². The number of hydrogen-bond donors (Lipinski definition) is 0. The molecule has 0 aliphatic heterocycles. The van der Waals surface area contributed by atoms with E-state index in [1.807, 2.05) is 4.90 Å². The first kappa shape index (κ1) is 19.1. The van der Waals surface area contributed by atoms with Gasteiger partial charge in [-0.15, -0.1) is 0 Å². The second-order valence-electron chi connectivity index (χ2n) is 8.41. The monoisotopic (exact) mass is 345 g/mol. The zero-order valence-corrected chi connectivity index (χ0v) is 16.8. The molecule has 0 unspecified atom stereocenters. The van der Waals surface area contributed by atoms with Crippen LogP contribution in [0.2, 0.25) is 25.7 Å². The Bertz CT molecular complexity index is 540. The van der Waals surface area contributed by atoms with E-state index >= 15 is 0 Å². The summed E-state index contributed by atoms with van der Waals surface area (Å²) in [6.45, 7) is 9.11. The molecule has 1 saturated carbocycles. The number of ether oxygens (including phenoxy) is 1. The molecular weight excluding hydrogens is 313 g/mol. The number of benzene rings is 1. The van der Waals surface area contributed by atoms with Crippen molar-refractivity contribution in [1.29, 1.82) is 0 Å². The maximum absolute atomic E-state index is 12.5. The van der Waals surface area contributed by atoms with Crippen molar-refractivity contribution in [2.24, 2.45) is 5.92 Å². The highest BCUT2D eigenvalue weighted by molar-refractivity contribution is 6.76. The van der Waals surface area contributed by atoms with Gasteiger partial charge in [0.25, 0.3) is 0 Å². The van der Waals surface area contributed by atoms with Crippen molar-refractivity contribution in [3.63, 3.8) is 0 Å². The van der Waals surface area contributed by atoms with E-state index < -0.39 is 8.07 Å². The first-order chi connectivity index (χ1) is 11.3. The molecule has 1 aromatic carbocycles. The Balaban J connectivity index is 1.87. The molecule has 1 aliphatic carbocycles. The van der Waals surface area contributed by atoms with Gasteiger partial charge in [-0.1, -0.05) is 55.8 Å². The van der Waals surface area contributed by atoms with E-state index in [9.17, 15) is 4.79 Å². The van der Waals surface area contributed by atoms with Crippen LogP contribution in [0.15, 0.2) is 24.3 Å². The van der Waals surface area contributed by atoms with Crippen LogP contribution in [0.5, 0.6) is 0 Å². The van der Waals surface area contributed by atoms with Gasteiger partial charge >= 0.3 is 6.09 Å². The number of carbonyl (C=O) groups excluding carboxylic acids is 1. The second-order valence-corrected chi connectivity index (χ2v) is 14.0. The summed E-state index contributed by atoms with van der Waals surface area (Å²) < 4.78 is 5.58. The van der Waals surface area contributed by atoms with E-state index in [-0.39, 0.29) is 6.09 Å². The Kier molecular flexibility index (Phi) is 6.96. The highest BCUT2D eigenvalue weighted by Crippen LogP contribution is 2.27. The van der Waals surface area contributed by atoms with Gasteiger partial charge < -0.3 is 9.64 Å². The van der Waals surface area contributed by atoms with Crippen molar-refractivity contribution >= 4 is 27.5 Å². The Morgan fingerprint density at radius 1 is 1.33 bits per heavy atom. The van der Waals surface area contributed by atoms with Crippen molar-refractivity contribution in [3.8, 4) is 0 Å². The molecule has 1 fully saturated rings. The number of amides is 1. The molecule has 0 radical (unpaired) electrons. The van der Waals surface area contributed by atoms with Crippen LogP contribution >= 0.6 is 0 Å². The summed E-state index contributed by atoms with van der Waals surface area (Å²) in [7, 11) is 0.952. The Hall–Kier alpha value is -1.23. The molecule has 0 N–H and O–H groups in total. The van der Waals surface area contributed by atoms with E-state index in [2.05, 4.69) is 51.8 Å². The lowest BCUT2D eigenvalue weighted by molar-refractivity contribution is 0.0928. The van der Waals surface area contributed by atoms with Gasteiger partial charge in [-0.3, -0.25) is 0 Å². The van der Waals surface area contributed by atoms with Gasteiger partial charge in [-0.05, 0) is 36.8 Å². The van der Waals surface area contributed by atoms with Crippen LogP contribution in [-0.4, -0.2) is 46.6 Å². The fraction of sp³-hybridized carbons (Fsp3) is 0.632. The van der Waals surface area contributed by atoms with Crippen molar-refractivity contribution < 1.29 is 9.53 Å². The minimum absolute atomic E-state index is 0.118. The van der Waals surface area contributed by atoms with Crippen LogP contribution in [0, 0.1) is 5.92 Å². The maximum Gasteiger partial charge on any atom is 0.409 e. The molecule has 0 atom stereocenters. The first-order valence-corrected chi connectivity index (χ1v) is 13.0. The standard InChI is InChI=1S/C19H32BNO2Si/c1-24(2,3)13-12-23-19(22)21(15-17-7-4-8-17)11-10-16-6-5-9-18(20)14-16/h5-6,9,14,17H,4,7-8,10-13,15,20H2,1-3H3. The molecule has 0 aromatic heterocycles. The number of rotatable bonds is 8. The van der Waals surface area contributed by atoms with Crippen LogP contribution in [0.4, 0.5) is 4.79 Å². The molecule has 0 bridgehead atoms. The zero-order valence-electron chi connectivity index (χ0n) is 15.8. The van der Waals surface area contributed by atoms with E-state index in [1.165, 1.54) is 30.3 Å². The minimum Gasteiger partial charge on any atom is -0.450 e. The minimum atomic E-state index is -1.16. The molecule has 0 spiro atoms. The largest absolute Gasteiger partial charge is 0.450 e. The van der Waals surface area contributed by atoms with Crippen molar-refractivity contribution in [3.05, 3.63) is 29.8 Å². The van der Waals surface area contributed by atoms with Crippen molar-refractivity contribution in [1.82, 2.24) is 4.90 Å². The molecule has 132 valence electrons. The summed E-state index contributed by atoms with van der Waals surface area (Å²) in [5, 5.41) is 0. The van der Waals surface area contributed by atoms with Gasteiger partial charge in [0.1, 0.15) is 7.85 Å². The van der Waals surface area contributed by atoms with E-state index in [0.29, 0.717) is 12.5 Å². The van der Waals surface area contributed by atoms with Crippen LogP contribution in [0.25, 0.3) is 0 Å². The predicted octanol–water partition coefficient (Wildman–Crippen LogP) is 3.06. The molecule has 1 aromatic rings. The third-order valence-corrected chi connectivity index (χ3v) is 6.50. The molecule has 1 aliphatic rings. The molecular formula is C19H32BNO2Si. The summed E-state index contributed by atoms with van der Waals surface area (Å²) in [6.07, 6.45) is 4.60. The van der Waals surface area contributed by atoms with Gasteiger partial charge in [0, 0.05) is 21.2 Å². The van der Waals surface area contributed by atoms with Gasteiger partial charge in [0.15, 0.2) is 0 Å². The number of nitrogens with zero attached hydrogens (tertiary/aromatic N) is 1. The van der Waals surface area contributed by atoms with E-state index in [1.54, 1.807) is 0 Å². The fourth-order valence-electron chi connectivity index (χ4n) is 2.91. The molecule has 0 saturated heterocycles. The normalized spacial score (nSPS) is 15.0. The topological polar surface area (TPSA) is 29.5 Å². The highest BCUT2D eigenvalue weighted by atomic mass is 28.3. The van der Waals surface area contributed by atoms with Gasteiger partial charge in [0.2, 0.25) is 0 Å². The Morgan fingerprint density at radius 3 is 2.67 bits per heavy atom. The lowest BCUT2D eigenvalue weighted by Gasteiger charge is -2.32. The summed E-state index contributed by atoms with van der Waals surface area (Å²) in [5.41, 5.74) is 2.57. The molecule has 1 amide bonds. The van der Waals surface area contributed by atoms with Crippen LogP contribution in [0.3, 0.4) is 0 Å². The highest BCUT2D eigenvalue weighted by Gasteiger charge is 2.25. The smallest absolute Gasteiger partial charge is 0.409 e. The predicted molar refractivity (Wildman–Crippen MR) is 107 cm³/mol. The second kappa shape index (κ2) is 8.75. The molecule has 5 heteroatoms. The van der Waals surface area contributed by atoms with E-state index in [4.69, 9.17) is 4.74 Å². The quantitative estimate of drug-likeness (QED) is 0.678.